The van der Waals surface area contributed by atoms with Crippen LogP contribution >= 0.6 is 0 Å². The number of nitrogens with one attached hydrogen (secondary N) is 1. The number of aryl methyl sites for hydroxylation is 1. The molecule has 0 saturated carbocycles. The van der Waals surface area contributed by atoms with Crippen LogP contribution in [0.15, 0.2) is 54.9 Å². The molecule has 3 aromatic rings. The third-order valence-corrected chi connectivity index (χ3v) is 7.03. The fourth-order valence-electron chi connectivity index (χ4n) is 4.84. The Kier molecular flexibility index (Phi) is 12.5. The average molecular weight is 561 g/mol. The molecule has 0 spiro atoms. The number of esters is 1. The van der Waals surface area contributed by atoms with Crippen molar-refractivity contribution in [1.82, 2.24) is 4.57 Å². The van der Waals surface area contributed by atoms with Gasteiger partial charge in [-0.05, 0) is 72.9 Å². The number of ether oxygens (including phenoxy) is 2. The molecule has 0 aliphatic carbocycles. The minimum absolute atomic E-state index is 0.0105. The number of ketones is 1. The Morgan fingerprint density at radius 1 is 0.927 bits per heavy atom. The first-order valence-electron chi connectivity index (χ1n) is 15.2. The van der Waals surface area contributed by atoms with Crippen molar-refractivity contribution in [1.29, 1.82) is 0 Å². The van der Waals surface area contributed by atoms with Gasteiger partial charge in [0.1, 0.15) is 12.4 Å². The lowest BCUT2D eigenvalue weighted by Crippen LogP contribution is -2.08. The van der Waals surface area contributed by atoms with Gasteiger partial charge in [0.25, 0.3) is 0 Å². The second-order valence-corrected chi connectivity index (χ2v) is 11.5. The molecule has 1 N–H and O–H groups in total. The molecular weight excluding hydrogens is 512 g/mol. The van der Waals surface area contributed by atoms with Crippen LogP contribution in [0.5, 0.6) is 5.75 Å². The minimum atomic E-state index is -0.186. The van der Waals surface area contributed by atoms with E-state index in [2.05, 4.69) is 64.2 Å². The van der Waals surface area contributed by atoms with E-state index in [-0.39, 0.29) is 17.7 Å². The van der Waals surface area contributed by atoms with E-state index in [1.165, 1.54) is 5.56 Å². The summed E-state index contributed by atoms with van der Waals surface area (Å²) in [4.78, 5) is 25.5. The summed E-state index contributed by atoms with van der Waals surface area (Å²) in [7, 11) is 0. The van der Waals surface area contributed by atoms with Gasteiger partial charge in [-0.15, -0.1) is 0 Å². The summed E-state index contributed by atoms with van der Waals surface area (Å²) in [5.41, 5.74) is 5.62. The van der Waals surface area contributed by atoms with Crippen molar-refractivity contribution in [3.63, 3.8) is 0 Å². The van der Waals surface area contributed by atoms with Gasteiger partial charge in [-0.3, -0.25) is 9.59 Å². The normalized spacial score (nSPS) is 11.2. The Morgan fingerprint density at radius 2 is 1.66 bits per heavy atom. The molecule has 0 radical (unpaired) electrons. The van der Waals surface area contributed by atoms with Crippen molar-refractivity contribution in [2.24, 2.45) is 5.92 Å². The molecule has 2 aromatic carbocycles. The lowest BCUT2D eigenvalue weighted by atomic mass is 9.96. The van der Waals surface area contributed by atoms with E-state index in [0.29, 0.717) is 49.6 Å². The van der Waals surface area contributed by atoms with E-state index in [4.69, 9.17) is 9.47 Å². The van der Waals surface area contributed by atoms with E-state index >= 15 is 0 Å². The molecule has 41 heavy (non-hydrogen) atoms. The highest BCUT2D eigenvalue weighted by Gasteiger charge is 2.20. The summed E-state index contributed by atoms with van der Waals surface area (Å²) < 4.78 is 13.3. The maximum Gasteiger partial charge on any atom is 0.305 e. The van der Waals surface area contributed by atoms with Gasteiger partial charge >= 0.3 is 5.97 Å². The highest BCUT2D eigenvalue weighted by Crippen LogP contribution is 2.30. The van der Waals surface area contributed by atoms with Crippen LogP contribution in [0.1, 0.15) is 106 Å². The first-order valence-corrected chi connectivity index (χ1v) is 15.2. The highest BCUT2D eigenvalue weighted by molar-refractivity contribution is 6.10. The Balaban J connectivity index is 1.78. The van der Waals surface area contributed by atoms with Crippen LogP contribution in [0, 0.1) is 5.92 Å². The Hall–Kier alpha value is -3.54. The molecule has 6 nitrogen and oxygen atoms in total. The standard InChI is InChI=1S/C35H48N2O4/c1-7-9-18-36-32-21-29(16-17-33(32)41-24-28-14-12-27(13-15-28)20-25(3)4)35(39)31-23-37(22-30(31)26(5)6)19-10-11-34(38)40-8-2/h12-17,21-23,25-26,36H,7-11,18-20,24H2,1-6H3. The maximum atomic E-state index is 13.8. The summed E-state index contributed by atoms with van der Waals surface area (Å²) in [6.45, 7) is 14.9. The monoisotopic (exact) mass is 560 g/mol. The van der Waals surface area contributed by atoms with Crippen molar-refractivity contribution in [2.45, 2.75) is 92.7 Å². The molecule has 222 valence electrons. The van der Waals surface area contributed by atoms with Crippen LogP contribution in [0.2, 0.25) is 0 Å². The molecule has 1 heterocycles. The SMILES string of the molecule is CCCCNc1cc(C(=O)c2cn(CCCC(=O)OCC)cc2C(C)C)ccc1OCc1ccc(CC(C)C)cc1. The summed E-state index contributed by atoms with van der Waals surface area (Å²) in [5, 5.41) is 3.49. The van der Waals surface area contributed by atoms with E-state index in [0.717, 1.165) is 48.4 Å². The number of nitrogens with zero attached hydrogens (tertiary/aromatic N) is 1. The number of carbonyl (C=O) groups is 2. The van der Waals surface area contributed by atoms with E-state index in [1.807, 2.05) is 42.1 Å². The molecule has 0 atom stereocenters. The van der Waals surface area contributed by atoms with Gasteiger partial charge in [0, 0.05) is 43.0 Å². The third-order valence-electron chi connectivity index (χ3n) is 7.03. The van der Waals surface area contributed by atoms with Gasteiger partial charge < -0.3 is 19.4 Å². The molecule has 0 amide bonds. The zero-order valence-corrected chi connectivity index (χ0v) is 25.8. The lowest BCUT2D eigenvalue weighted by molar-refractivity contribution is -0.143. The number of anilines is 1. The molecule has 3 rings (SSSR count). The number of aromatic nitrogens is 1. The van der Waals surface area contributed by atoms with Gasteiger partial charge in [0.15, 0.2) is 5.78 Å². The van der Waals surface area contributed by atoms with Crippen LogP contribution in [0.25, 0.3) is 0 Å². The Morgan fingerprint density at radius 3 is 2.32 bits per heavy atom. The molecule has 0 aliphatic heterocycles. The third kappa shape index (κ3) is 9.80. The van der Waals surface area contributed by atoms with Gasteiger partial charge in [0.2, 0.25) is 0 Å². The van der Waals surface area contributed by atoms with Gasteiger partial charge in [0.05, 0.1) is 12.3 Å². The first kappa shape index (κ1) is 32.0. The van der Waals surface area contributed by atoms with Crippen LogP contribution in [0.3, 0.4) is 0 Å². The van der Waals surface area contributed by atoms with Crippen LogP contribution in [0.4, 0.5) is 5.69 Å². The predicted octanol–water partition coefficient (Wildman–Crippen LogP) is 8.18. The highest BCUT2D eigenvalue weighted by atomic mass is 16.5. The second kappa shape index (κ2) is 16.0. The van der Waals surface area contributed by atoms with E-state index in [1.54, 1.807) is 0 Å². The maximum absolute atomic E-state index is 13.8. The molecule has 0 fully saturated rings. The van der Waals surface area contributed by atoms with Crippen molar-refractivity contribution < 1.29 is 19.1 Å². The minimum Gasteiger partial charge on any atom is -0.487 e. The number of carbonyl (C=O) groups excluding carboxylic acids is 2. The van der Waals surface area contributed by atoms with Crippen molar-refractivity contribution in [2.75, 3.05) is 18.5 Å². The zero-order chi connectivity index (χ0) is 29.8. The fourth-order valence-corrected chi connectivity index (χ4v) is 4.84. The summed E-state index contributed by atoms with van der Waals surface area (Å²) in [5.74, 6) is 1.36. The van der Waals surface area contributed by atoms with Crippen molar-refractivity contribution in [3.8, 4) is 5.75 Å². The van der Waals surface area contributed by atoms with E-state index < -0.39 is 0 Å². The number of unbranched alkanes of at least 4 members (excludes halogenated alkanes) is 1. The van der Waals surface area contributed by atoms with Gasteiger partial charge in [-0.25, -0.2) is 0 Å². The summed E-state index contributed by atoms with van der Waals surface area (Å²) in [6.07, 6.45) is 8.15. The fraction of sp³-hybridized carbons (Fsp3) is 0.486. The topological polar surface area (TPSA) is 69.6 Å². The molecule has 0 saturated heterocycles. The predicted molar refractivity (Wildman–Crippen MR) is 167 cm³/mol. The van der Waals surface area contributed by atoms with Crippen LogP contribution < -0.4 is 10.1 Å². The van der Waals surface area contributed by atoms with E-state index in [9.17, 15) is 9.59 Å². The van der Waals surface area contributed by atoms with Crippen LogP contribution in [-0.4, -0.2) is 29.5 Å². The smallest absolute Gasteiger partial charge is 0.305 e. The van der Waals surface area contributed by atoms with Gasteiger partial charge in [-0.2, -0.15) is 0 Å². The first-order chi connectivity index (χ1) is 19.7. The molecule has 0 aliphatic rings. The average Bonchev–Trinajstić information content (AvgIpc) is 3.37. The second-order valence-electron chi connectivity index (χ2n) is 11.5. The molecule has 1 aromatic heterocycles. The molecule has 6 heteroatoms. The van der Waals surface area contributed by atoms with Gasteiger partial charge in [-0.1, -0.05) is 65.3 Å². The van der Waals surface area contributed by atoms with Crippen molar-refractivity contribution >= 4 is 17.4 Å². The molecular formula is C35H48N2O4. The quantitative estimate of drug-likeness (QED) is 0.102. The zero-order valence-electron chi connectivity index (χ0n) is 25.8. The summed E-state index contributed by atoms with van der Waals surface area (Å²) in [6, 6.07) is 14.3. The Labute approximate surface area is 246 Å². The summed E-state index contributed by atoms with van der Waals surface area (Å²) >= 11 is 0. The number of rotatable bonds is 17. The number of benzene rings is 2. The van der Waals surface area contributed by atoms with Crippen LogP contribution in [-0.2, 0) is 29.1 Å². The largest absolute Gasteiger partial charge is 0.487 e. The molecule has 0 bridgehead atoms. The van der Waals surface area contributed by atoms with Crippen molar-refractivity contribution in [3.05, 3.63) is 82.7 Å². The lowest BCUT2D eigenvalue weighted by Gasteiger charge is -2.15. The number of hydrogen-bond acceptors (Lipinski definition) is 5. The Bertz CT molecular complexity index is 1260. The number of hydrogen-bond donors (Lipinski definition) is 1. The molecule has 0 unspecified atom stereocenters.